The summed E-state index contributed by atoms with van der Waals surface area (Å²) in [7, 11) is 0. The number of ether oxygens (including phenoxy) is 1. The highest BCUT2D eigenvalue weighted by Gasteiger charge is 2.14. The van der Waals surface area contributed by atoms with Crippen molar-refractivity contribution in [2.45, 2.75) is 25.4 Å². The highest BCUT2D eigenvalue weighted by atomic mass is 16.5. The van der Waals surface area contributed by atoms with Gasteiger partial charge in [0, 0.05) is 0 Å². The summed E-state index contributed by atoms with van der Waals surface area (Å²) in [6.45, 7) is 2.70. The Morgan fingerprint density at radius 3 is 3.05 bits per heavy atom. The number of aromatic nitrogens is 2. The molecule has 3 heterocycles. The molecule has 0 aliphatic carbocycles. The van der Waals surface area contributed by atoms with Gasteiger partial charge in [-0.05, 0) is 32.0 Å². The highest BCUT2D eigenvalue weighted by molar-refractivity contribution is 5.51. The van der Waals surface area contributed by atoms with Crippen molar-refractivity contribution in [3.63, 3.8) is 0 Å². The van der Waals surface area contributed by atoms with Crippen molar-refractivity contribution in [3.05, 3.63) is 24.5 Å². The Morgan fingerprint density at radius 2 is 2.26 bits per heavy atom. The zero-order valence-electron chi connectivity index (χ0n) is 10.7. The van der Waals surface area contributed by atoms with Gasteiger partial charge < -0.3 is 19.0 Å². The molecule has 0 unspecified atom stereocenters. The third kappa shape index (κ3) is 3.21. The van der Waals surface area contributed by atoms with Crippen LogP contribution >= 0.6 is 0 Å². The third-order valence-electron chi connectivity index (χ3n) is 3.20. The predicted molar refractivity (Wildman–Crippen MR) is 67.5 cm³/mol. The maximum absolute atomic E-state index is 5.80. The van der Waals surface area contributed by atoms with Gasteiger partial charge in [-0.3, -0.25) is 0 Å². The molecule has 0 bridgehead atoms. The van der Waals surface area contributed by atoms with E-state index in [4.69, 9.17) is 13.7 Å². The Balaban J connectivity index is 1.48. The van der Waals surface area contributed by atoms with Gasteiger partial charge in [0.2, 0.25) is 11.7 Å². The van der Waals surface area contributed by atoms with E-state index in [0.717, 1.165) is 31.5 Å². The molecule has 102 valence electrons. The minimum absolute atomic E-state index is 0.359. The lowest BCUT2D eigenvalue weighted by atomic mass is 10.1. The van der Waals surface area contributed by atoms with Crippen LogP contribution < -0.4 is 5.32 Å². The zero-order chi connectivity index (χ0) is 12.9. The van der Waals surface area contributed by atoms with Crippen molar-refractivity contribution in [2.24, 2.45) is 0 Å². The molecule has 0 amide bonds. The number of nitrogens with one attached hydrogen (secondary N) is 1. The zero-order valence-corrected chi connectivity index (χ0v) is 10.7. The Morgan fingerprint density at radius 1 is 1.37 bits per heavy atom. The molecule has 0 radical (unpaired) electrons. The summed E-state index contributed by atoms with van der Waals surface area (Å²) in [6, 6.07) is 1.81. The van der Waals surface area contributed by atoms with Crippen molar-refractivity contribution in [1.82, 2.24) is 15.5 Å². The summed E-state index contributed by atoms with van der Waals surface area (Å²) in [5.74, 6) is 1.16. The van der Waals surface area contributed by atoms with E-state index < -0.39 is 0 Å². The minimum Gasteiger partial charge on any atom is -0.472 e. The maximum atomic E-state index is 5.80. The molecule has 1 fully saturated rings. The Kier molecular flexibility index (Phi) is 3.90. The first kappa shape index (κ1) is 12.4. The predicted octanol–water partition coefficient (Wildman–Crippen LogP) is 1.64. The lowest BCUT2D eigenvalue weighted by Gasteiger charge is -2.22. The second kappa shape index (κ2) is 5.99. The van der Waals surface area contributed by atoms with Crippen LogP contribution in [-0.2, 0) is 11.2 Å². The van der Waals surface area contributed by atoms with Crippen LogP contribution in [0.5, 0.6) is 0 Å². The molecule has 1 aliphatic heterocycles. The van der Waals surface area contributed by atoms with Gasteiger partial charge in [0.05, 0.1) is 31.0 Å². The number of hydrogen-bond acceptors (Lipinski definition) is 6. The van der Waals surface area contributed by atoms with Crippen molar-refractivity contribution >= 4 is 0 Å². The fraction of sp³-hybridized carbons (Fsp3) is 0.538. The van der Waals surface area contributed by atoms with E-state index in [1.807, 2.05) is 0 Å². The Bertz CT molecular complexity index is 489. The molecule has 0 atom stereocenters. The van der Waals surface area contributed by atoms with Crippen LogP contribution in [0, 0.1) is 0 Å². The van der Waals surface area contributed by atoms with Crippen LogP contribution in [0.1, 0.15) is 18.7 Å². The molecular weight excluding hydrogens is 246 g/mol. The van der Waals surface area contributed by atoms with E-state index in [2.05, 4.69) is 15.5 Å². The molecule has 0 saturated carbocycles. The monoisotopic (exact) mass is 263 g/mol. The van der Waals surface area contributed by atoms with Crippen LogP contribution in [0.25, 0.3) is 11.4 Å². The van der Waals surface area contributed by atoms with Crippen molar-refractivity contribution in [1.29, 1.82) is 0 Å². The van der Waals surface area contributed by atoms with Crippen LogP contribution in [0.4, 0.5) is 0 Å². The number of furan rings is 1. The summed E-state index contributed by atoms with van der Waals surface area (Å²) >= 11 is 0. The topological polar surface area (TPSA) is 73.3 Å². The Hall–Kier alpha value is -1.66. The van der Waals surface area contributed by atoms with Gasteiger partial charge in [-0.2, -0.15) is 4.98 Å². The number of rotatable bonds is 5. The minimum atomic E-state index is 0.359. The average Bonchev–Trinajstić information content (AvgIpc) is 3.10. The molecule has 2 aromatic rings. The summed E-state index contributed by atoms with van der Waals surface area (Å²) < 4.78 is 16.0. The fourth-order valence-corrected chi connectivity index (χ4v) is 2.14. The van der Waals surface area contributed by atoms with E-state index in [-0.39, 0.29) is 0 Å². The summed E-state index contributed by atoms with van der Waals surface area (Å²) in [4.78, 5) is 4.31. The van der Waals surface area contributed by atoms with Gasteiger partial charge in [-0.1, -0.05) is 5.16 Å². The van der Waals surface area contributed by atoms with Crippen molar-refractivity contribution in [2.75, 3.05) is 19.7 Å². The number of nitrogens with zero attached hydrogens (tertiary/aromatic N) is 2. The standard InChI is InChI=1S/C13H17N3O3/c1-5-14-6-2-11(1)18-8-4-12-15-13(16-19-12)10-3-7-17-9-10/h3,7,9,11,14H,1-2,4-6,8H2. The van der Waals surface area contributed by atoms with Gasteiger partial charge >= 0.3 is 0 Å². The summed E-state index contributed by atoms with van der Waals surface area (Å²) in [5.41, 5.74) is 0.828. The second-order valence-electron chi connectivity index (χ2n) is 4.59. The molecular formula is C13H17N3O3. The molecule has 1 aliphatic rings. The molecule has 1 N–H and O–H groups in total. The van der Waals surface area contributed by atoms with Crippen molar-refractivity contribution < 1.29 is 13.7 Å². The smallest absolute Gasteiger partial charge is 0.229 e. The largest absolute Gasteiger partial charge is 0.472 e. The van der Waals surface area contributed by atoms with Crippen LogP contribution in [0.2, 0.25) is 0 Å². The first-order valence-corrected chi connectivity index (χ1v) is 6.59. The second-order valence-corrected chi connectivity index (χ2v) is 4.59. The molecule has 0 aromatic carbocycles. The van der Waals surface area contributed by atoms with E-state index in [0.29, 0.717) is 30.8 Å². The van der Waals surface area contributed by atoms with Gasteiger partial charge in [0.15, 0.2) is 0 Å². The third-order valence-corrected chi connectivity index (χ3v) is 3.20. The van der Waals surface area contributed by atoms with E-state index in [1.54, 1.807) is 18.6 Å². The van der Waals surface area contributed by atoms with Crippen LogP contribution in [0.15, 0.2) is 27.5 Å². The first-order valence-electron chi connectivity index (χ1n) is 6.59. The normalized spacial score (nSPS) is 16.8. The number of hydrogen-bond donors (Lipinski definition) is 1. The summed E-state index contributed by atoms with van der Waals surface area (Å²) in [6.07, 6.45) is 6.34. The van der Waals surface area contributed by atoms with E-state index >= 15 is 0 Å². The number of piperidine rings is 1. The molecule has 3 rings (SSSR count). The fourth-order valence-electron chi connectivity index (χ4n) is 2.14. The molecule has 2 aromatic heterocycles. The van der Waals surface area contributed by atoms with Crippen LogP contribution in [0.3, 0.4) is 0 Å². The van der Waals surface area contributed by atoms with Crippen LogP contribution in [-0.4, -0.2) is 35.9 Å². The van der Waals surface area contributed by atoms with E-state index in [1.165, 1.54) is 0 Å². The SMILES string of the molecule is c1cc(-c2noc(CCOC3CCNCC3)n2)co1. The van der Waals surface area contributed by atoms with Gasteiger partial charge in [-0.25, -0.2) is 0 Å². The van der Waals surface area contributed by atoms with E-state index in [9.17, 15) is 0 Å². The highest BCUT2D eigenvalue weighted by Crippen LogP contribution is 2.16. The molecule has 6 heteroatoms. The molecule has 0 spiro atoms. The van der Waals surface area contributed by atoms with Crippen molar-refractivity contribution in [3.8, 4) is 11.4 Å². The first-order chi connectivity index (χ1) is 9.42. The van der Waals surface area contributed by atoms with Gasteiger partial charge in [-0.15, -0.1) is 0 Å². The molecule has 6 nitrogen and oxygen atoms in total. The lowest BCUT2D eigenvalue weighted by Crippen LogP contribution is -2.32. The average molecular weight is 263 g/mol. The molecule has 19 heavy (non-hydrogen) atoms. The Labute approximate surface area is 111 Å². The lowest BCUT2D eigenvalue weighted by molar-refractivity contribution is 0.0322. The quantitative estimate of drug-likeness (QED) is 0.884. The molecule has 1 saturated heterocycles. The van der Waals surface area contributed by atoms with Gasteiger partial charge in [0.25, 0.3) is 0 Å². The maximum Gasteiger partial charge on any atom is 0.229 e. The van der Waals surface area contributed by atoms with Gasteiger partial charge in [0.1, 0.15) is 6.26 Å². The summed E-state index contributed by atoms with van der Waals surface area (Å²) in [5, 5.41) is 7.22.